The molecule has 0 saturated heterocycles. The number of ether oxygens (including phenoxy) is 3. The van der Waals surface area contributed by atoms with Crippen LogP contribution in [0.5, 0.6) is 17.2 Å². The molecule has 0 aliphatic heterocycles. The fourth-order valence-electron chi connectivity index (χ4n) is 3.06. The second kappa shape index (κ2) is 8.39. The maximum absolute atomic E-state index is 12.7. The number of aromatic nitrogens is 2. The normalized spacial score (nSPS) is 10.8. The highest BCUT2D eigenvalue weighted by atomic mass is 32.1. The molecular weight excluding hydrogens is 398 g/mol. The van der Waals surface area contributed by atoms with E-state index in [1.807, 2.05) is 0 Å². The number of carbonyl (C=O) groups excluding carboxylic acids is 1. The number of thiophene rings is 1. The van der Waals surface area contributed by atoms with Crippen molar-refractivity contribution in [3.05, 3.63) is 44.4 Å². The lowest BCUT2D eigenvalue weighted by Crippen LogP contribution is -2.40. The Morgan fingerprint density at radius 2 is 1.72 bits per heavy atom. The molecule has 1 aromatic carbocycles. The molecule has 2 heterocycles. The molecule has 2 aromatic heterocycles. The van der Waals surface area contributed by atoms with E-state index in [4.69, 9.17) is 14.2 Å². The van der Waals surface area contributed by atoms with Gasteiger partial charge in [-0.15, -0.1) is 11.3 Å². The lowest BCUT2D eigenvalue weighted by molar-refractivity contribution is -0.116. The van der Waals surface area contributed by atoms with Gasteiger partial charge in [0.25, 0.3) is 5.56 Å². The quantitative estimate of drug-likeness (QED) is 0.628. The summed E-state index contributed by atoms with van der Waals surface area (Å²) >= 11 is 1.24. The summed E-state index contributed by atoms with van der Waals surface area (Å²) in [5.41, 5.74) is -0.00936. The molecule has 29 heavy (non-hydrogen) atoms. The van der Waals surface area contributed by atoms with Gasteiger partial charge >= 0.3 is 5.69 Å². The van der Waals surface area contributed by atoms with Gasteiger partial charge in [0.2, 0.25) is 11.7 Å². The summed E-state index contributed by atoms with van der Waals surface area (Å²) in [5.74, 6) is 0.743. The lowest BCUT2D eigenvalue weighted by atomic mass is 10.2. The van der Waals surface area contributed by atoms with Crippen LogP contribution in [-0.4, -0.2) is 36.4 Å². The predicted octanol–water partition coefficient (Wildman–Crippen LogP) is 1.91. The second-order valence-electron chi connectivity index (χ2n) is 6.02. The van der Waals surface area contributed by atoms with E-state index in [1.165, 1.54) is 37.2 Å². The molecule has 9 nitrogen and oxygen atoms in total. The summed E-state index contributed by atoms with van der Waals surface area (Å²) in [6, 6.07) is 4.85. The van der Waals surface area contributed by atoms with E-state index in [2.05, 4.69) is 5.32 Å². The number of hydrogen-bond donors (Lipinski definition) is 1. The van der Waals surface area contributed by atoms with E-state index in [9.17, 15) is 14.4 Å². The van der Waals surface area contributed by atoms with Gasteiger partial charge in [-0.1, -0.05) is 0 Å². The topological polar surface area (TPSA) is 101 Å². The van der Waals surface area contributed by atoms with Gasteiger partial charge in [0.1, 0.15) is 11.2 Å². The Kier molecular flexibility index (Phi) is 5.92. The summed E-state index contributed by atoms with van der Waals surface area (Å²) < 4.78 is 18.7. The van der Waals surface area contributed by atoms with Gasteiger partial charge in [-0.05, 0) is 18.4 Å². The molecule has 0 atom stereocenters. The zero-order chi connectivity index (χ0) is 21.1. The zero-order valence-electron chi connectivity index (χ0n) is 16.5. The highest BCUT2D eigenvalue weighted by Gasteiger charge is 2.18. The van der Waals surface area contributed by atoms with Gasteiger partial charge in [-0.25, -0.2) is 4.79 Å². The van der Waals surface area contributed by atoms with Gasteiger partial charge in [0.05, 0.1) is 26.8 Å². The van der Waals surface area contributed by atoms with Gasteiger partial charge in [-0.3, -0.25) is 18.7 Å². The number of nitrogens with one attached hydrogen (secondary N) is 1. The lowest BCUT2D eigenvalue weighted by Gasteiger charge is -2.15. The molecule has 0 spiro atoms. The third kappa shape index (κ3) is 3.70. The number of anilines is 1. The van der Waals surface area contributed by atoms with Gasteiger partial charge in [-0.2, -0.15) is 0 Å². The molecular formula is C19H21N3O6S. The maximum Gasteiger partial charge on any atom is 0.331 e. The van der Waals surface area contributed by atoms with E-state index in [1.54, 1.807) is 30.5 Å². The van der Waals surface area contributed by atoms with Crippen molar-refractivity contribution in [2.45, 2.75) is 20.0 Å². The second-order valence-corrected chi connectivity index (χ2v) is 6.93. The van der Waals surface area contributed by atoms with Crippen molar-refractivity contribution in [1.29, 1.82) is 0 Å². The van der Waals surface area contributed by atoms with E-state index in [-0.39, 0.29) is 18.6 Å². The summed E-state index contributed by atoms with van der Waals surface area (Å²) in [5, 5.41) is 4.45. The highest BCUT2D eigenvalue weighted by molar-refractivity contribution is 7.17. The van der Waals surface area contributed by atoms with Crippen molar-refractivity contribution < 1.29 is 19.0 Å². The largest absolute Gasteiger partial charge is 0.493 e. The minimum Gasteiger partial charge on any atom is -0.493 e. The summed E-state index contributed by atoms with van der Waals surface area (Å²) in [4.78, 5) is 37.8. The third-order valence-corrected chi connectivity index (χ3v) is 5.29. The van der Waals surface area contributed by atoms with Crippen LogP contribution in [0.1, 0.15) is 6.92 Å². The average molecular weight is 419 g/mol. The Morgan fingerprint density at radius 1 is 1.07 bits per heavy atom. The Hall–Kier alpha value is -3.27. The molecule has 154 valence electrons. The highest BCUT2D eigenvalue weighted by Crippen LogP contribution is 2.39. The number of fused-ring (bicyclic) bond motifs is 1. The van der Waals surface area contributed by atoms with Crippen LogP contribution in [-0.2, 0) is 17.9 Å². The van der Waals surface area contributed by atoms with Crippen LogP contribution in [0.15, 0.2) is 33.2 Å². The first-order chi connectivity index (χ1) is 13.9. The van der Waals surface area contributed by atoms with Crippen LogP contribution in [0.4, 0.5) is 5.69 Å². The first-order valence-corrected chi connectivity index (χ1v) is 9.63. The number of carbonyl (C=O) groups is 1. The Labute approximate surface area is 170 Å². The predicted molar refractivity (Wildman–Crippen MR) is 111 cm³/mol. The molecule has 0 unspecified atom stereocenters. The smallest absolute Gasteiger partial charge is 0.331 e. The molecule has 0 aliphatic rings. The zero-order valence-corrected chi connectivity index (χ0v) is 17.3. The molecule has 1 amide bonds. The molecule has 1 N–H and O–H groups in total. The first kappa shape index (κ1) is 20.5. The van der Waals surface area contributed by atoms with Crippen LogP contribution in [0, 0.1) is 0 Å². The monoisotopic (exact) mass is 419 g/mol. The van der Waals surface area contributed by atoms with Gasteiger partial charge < -0.3 is 19.5 Å². The number of amides is 1. The van der Waals surface area contributed by atoms with Gasteiger partial charge in [0.15, 0.2) is 11.5 Å². The maximum atomic E-state index is 12.7. The van der Waals surface area contributed by atoms with E-state index in [0.717, 1.165) is 4.57 Å². The van der Waals surface area contributed by atoms with E-state index >= 15 is 0 Å². The number of nitrogens with zero attached hydrogens (tertiary/aromatic N) is 2. The first-order valence-electron chi connectivity index (χ1n) is 8.75. The van der Waals surface area contributed by atoms with Crippen LogP contribution < -0.4 is 30.8 Å². The summed E-state index contributed by atoms with van der Waals surface area (Å²) in [6.07, 6.45) is 0. The fraction of sp³-hybridized carbons (Fsp3) is 0.316. The molecule has 0 saturated carbocycles. The van der Waals surface area contributed by atoms with Crippen LogP contribution in [0.25, 0.3) is 10.2 Å². The van der Waals surface area contributed by atoms with Crippen molar-refractivity contribution in [2.24, 2.45) is 0 Å². The third-order valence-electron chi connectivity index (χ3n) is 4.40. The summed E-state index contributed by atoms with van der Waals surface area (Å²) in [7, 11) is 4.44. The van der Waals surface area contributed by atoms with Crippen molar-refractivity contribution in [3.8, 4) is 17.2 Å². The average Bonchev–Trinajstić information content (AvgIpc) is 3.20. The van der Waals surface area contributed by atoms with Crippen molar-refractivity contribution in [1.82, 2.24) is 9.13 Å². The number of methoxy groups -OCH3 is 3. The minimum absolute atomic E-state index is 0.222. The summed E-state index contributed by atoms with van der Waals surface area (Å²) in [6.45, 7) is 1.69. The standard InChI is InChI=1S/C19H21N3O6S/c1-5-21-18(24)17-12(6-7-29-17)22(19(21)25)10-15(23)20-11-8-13(26-2)16(28-4)14(9-11)27-3/h6-9H,5,10H2,1-4H3,(H,20,23). The molecule has 0 fully saturated rings. The number of rotatable bonds is 7. The molecule has 10 heteroatoms. The van der Waals surface area contributed by atoms with Crippen LogP contribution in [0.2, 0.25) is 0 Å². The van der Waals surface area contributed by atoms with Crippen LogP contribution in [0.3, 0.4) is 0 Å². The molecule has 0 bridgehead atoms. The minimum atomic E-state index is -0.525. The molecule has 0 radical (unpaired) electrons. The SMILES string of the molecule is CCn1c(=O)c2sccc2n(CC(=O)Nc2cc(OC)c(OC)c(OC)c2)c1=O. The van der Waals surface area contributed by atoms with Crippen LogP contribution >= 0.6 is 11.3 Å². The Balaban J connectivity index is 1.96. The van der Waals surface area contributed by atoms with Crippen molar-refractivity contribution in [2.75, 3.05) is 26.6 Å². The molecule has 3 rings (SSSR count). The Morgan fingerprint density at radius 3 is 2.28 bits per heavy atom. The van der Waals surface area contributed by atoms with Crippen molar-refractivity contribution in [3.63, 3.8) is 0 Å². The molecule has 3 aromatic rings. The van der Waals surface area contributed by atoms with Crippen molar-refractivity contribution >= 4 is 33.1 Å². The molecule has 0 aliphatic carbocycles. The number of benzene rings is 1. The number of hydrogen-bond acceptors (Lipinski definition) is 7. The Bertz CT molecular complexity index is 1150. The van der Waals surface area contributed by atoms with Gasteiger partial charge in [0, 0.05) is 24.4 Å². The van der Waals surface area contributed by atoms with E-state index < -0.39 is 11.6 Å². The fourth-order valence-corrected chi connectivity index (χ4v) is 3.91. The van der Waals surface area contributed by atoms with E-state index in [0.29, 0.717) is 33.2 Å².